The molecule has 0 aliphatic heterocycles. The Balaban J connectivity index is 2.04. The number of hydrogen-bond acceptors (Lipinski definition) is 4. The lowest BCUT2D eigenvalue weighted by Gasteiger charge is -2.11. The summed E-state index contributed by atoms with van der Waals surface area (Å²) < 4.78 is 16.9. The van der Waals surface area contributed by atoms with Gasteiger partial charge in [0.15, 0.2) is 18.1 Å². The average Bonchev–Trinajstić information content (AvgIpc) is 2.63. The number of carbonyl (C=O) groups is 1. The van der Waals surface area contributed by atoms with Gasteiger partial charge in [-0.05, 0) is 41.5 Å². The molecule has 2 aromatic carbocycles. The number of methoxy groups -OCH3 is 1. The number of carbonyl (C=O) groups excluding carboxylic acids is 1. The highest BCUT2D eigenvalue weighted by molar-refractivity contribution is 9.10. The molecule has 5 heteroatoms. The molecule has 0 radical (unpaired) electrons. The van der Waals surface area contributed by atoms with Crippen molar-refractivity contribution in [3.63, 3.8) is 0 Å². The van der Waals surface area contributed by atoms with E-state index in [1.165, 1.54) is 6.08 Å². The molecule has 0 unspecified atom stereocenters. The molecule has 0 heterocycles. The smallest absolute Gasteiger partial charge is 0.331 e. The summed E-state index contributed by atoms with van der Waals surface area (Å²) in [5.41, 5.74) is 1.82. The Bertz CT molecular complexity index is 806. The van der Waals surface area contributed by atoms with Crippen molar-refractivity contribution in [2.75, 3.05) is 13.7 Å². The second-order valence-electron chi connectivity index (χ2n) is 4.97. The van der Waals surface area contributed by atoms with Crippen molar-refractivity contribution in [2.24, 2.45) is 0 Å². The molecular formula is C20H17BrO4. The molecule has 0 fully saturated rings. The first-order valence-electron chi connectivity index (χ1n) is 7.46. The molecule has 2 rings (SSSR count). The molecule has 4 nitrogen and oxygen atoms in total. The molecule has 0 saturated carbocycles. The Morgan fingerprint density at radius 1 is 1.24 bits per heavy atom. The highest BCUT2D eigenvalue weighted by atomic mass is 79.9. The minimum atomic E-state index is -0.494. The molecule has 0 atom stereocenters. The zero-order valence-electron chi connectivity index (χ0n) is 13.7. The molecular weight excluding hydrogens is 384 g/mol. The van der Waals surface area contributed by atoms with Crippen molar-refractivity contribution in [1.82, 2.24) is 0 Å². The fourth-order valence-electron chi connectivity index (χ4n) is 2.02. The van der Waals surface area contributed by atoms with Crippen LogP contribution in [0.2, 0.25) is 0 Å². The fourth-order valence-corrected chi connectivity index (χ4v) is 2.47. The predicted molar refractivity (Wildman–Crippen MR) is 100 cm³/mol. The lowest BCUT2D eigenvalue weighted by molar-refractivity contribution is -0.136. The quantitative estimate of drug-likeness (QED) is 0.396. The van der Waals surface area contributed by atoms with Gasteiger partial charge in [-0.15, -0.1) is 6.42 Å². The summed E-state index contributed by atoms with van der Waals surface area (Å²) in [5.74, 6) is 2.94. The summed E-state index contributed by atoms with van der Waals surface area (Å²) in [7, 11) is 1.57. The summed E-state index contributed by atoms with van der Waals surface area (Å²) in [6.07, 6.45) is 7.97. The lowest BCUT2D eigenvalue weighted by Crippen LogP contribution is -2.00. The Morgan fingerprint density at radius 2 is 2.08 bits per heavy atom. The summed E-state index contributed by atoms with van der Waals surface area (Å²) in [6, 6.07) is 13.3. The highest BCUT2D eigenvalue weighted by Crippen LogP contribution is 2.29. The van der Waals surface area contributed by atoms with Crippen molar-refractivity contribution < 1.29 is 19.0 Å². The van der Waals surface area contributed by atoms with Gasteiger partial charge in [0.25, 0.3) is 0 Å². The topological polar surface area (TPSA) is 44.8 Å². The van der Waals surface area contributed by atoms with Crippen LogP contribution in [-0.2, 0) is 16.1 Å². The fraction of sp³-hybridized carbons (Fsp3) is 0.150. The molecule has 25 heavy (non-hydrogen) atoms. The van der Waals surface area contributed by atoms with Crippen molar-refractivity contribution in [1.29, 1.82) is 0 Å². The first kappa shape index (κ1) is 18.6. The van der Waals surface area contributed by atoms with E-state index in [9.17, 15) is 4.79 Å². The SMILES string of the molecule is C#CCOC(=O)/C=C/c1ccc(OCc2cccc(Br)c2)c(OC)c1. The Morgan fingerprint density at radius 3 is 2.80 bits per heavy atom. The van der Waals surface area contributed by atoms with Crippen molar-refractivity contribution in [3.05, 3.63) is 64.1 Å². The second kappa shape index (κ2) is 9.55. The maximum atomic E-state index is 11.4. The molecule has 0 saturated heterocycles. The van der Waals surface area contributed by atoms with Crippen LogP contribution in [0.4, 0.5) is 0 Å². The summed E-state index contributed by atoms with van der Waals surface area (Å²) in [6.45, 7) is 0.373. The van der Waals surface area contributed by atoms with E-state index >= 15 is 0 Å². The van der Waals surface area contributed by atoms with Gasteiger partial charge in [-0.2, -0.15) is 0 Å². The van der Waals surface area contributed by atoms with E-state index in [0.717, 1.165) is 15.6 Å². The summed E-state index contributed by atoms with van der Waals surface area (Å²) >= 11 is 3.43. The first-order chi connectivity index (χ1) is 12.1. The number of rotatable bonds is 7. The molecule has 0 aromatic heterocycles. The van der Waals surface area contributed by atoms with E-state index in [1.807, 2.05) is 30.3 Å². The van der Waals surface area contributed by atoms with Gasteiger partial charge in [-0.1, -0.05) is 40.0 Å². The number of hydrogen-bond donors (Lipinski definition) is 0. The molecule has 0 aliphatic carbocycles. The van der Waals surface area contributed by atoms with Gasteiger partial charge < -0.3 is 14.2 Å². The number of benzene rings is 2. The minimum absolute atomic E-state index is 0.0468. The van der Waals surface area contributed by atoms with Crippen molar-refractivity contribution >= 4 is 28.0 Å². The van der Waals surface area contributed by atoms with Crippen LogP contribution in [0.5, 0.6) is 11.5 Å². The molecule has 2 aromatic rings. The molecule has 128 valence electrons. The maximum absolute atomic E-state index is 11.4. The third-order valence-electron chi connectivity index (χ3n) is 3.18. The maximum Gasteiger partial charge on any atom is 0.331 e. The molecule has 0 bridgehead atoms. The van der Waals surface area contributed by atoms with Crippen LogP contribution in [0, 0.1) is 12.3 Å². The summed E-state index contributed by atoms with van der Waals surface area (Å²) in [5, 5.41) is 0. The zero-order valence-corrected chi connectivity index (χ0v) is 15.3. The second-order valence-corrected chi connectivity index (χ2v) is 5.89. The third-order valence-corrected chi connectivity index (χ3v) is 3.67. The van der Waals surface area contributed by atoms with Gasteiger partial charge in [0.2, 0.25) is 0 Å². The number of esters is 1. The van der Waals surface area contributed by atoms with E-state index in [4.69, 9.17) is 20.6 Å². The minimum Gasteiger partial charge on any atom is -0.493 e. The predicted octanol–water partition coefficient (Wildman–Crippen LogP) is 4.23. The zero-order chi connectivity index (χ0) is 18.1. The van der Waals surface area contributed by atoms with E-state index in [-0.39, 0.29) is 6.61 Å². The van der Waals surface area contributed by atoms with Crippen LogP contribution in [-0.4, -0.2) is 19.7 Å². The van der Waals surface area contributed by atoms with E-state index in [2.05, 4.69) is 21.9 Å². The Kier molecular flexibility index (Phi) is 7.12. The van der Waals surface area contributed by atoms with Gasteiger partial charge in [0.1, 0.15) is 6.61 Å². The van der Waals surface area contributed by atoms with Crippen molar-refractivity contribution in [3.8, 4) is 23.8 Å². The number of halogens is 1. The van der Waals surface area contributed by atoms with Gasteiger partial charge in [0.05, 0.1) is 7.11 Å². The van der Waals surface area contributed by atoms with Crippen LogP contribution in [0.25, 0.3) is 6.08 Å². The van der Waals surface area contributed by atoms with Crippen LogP contribution in [0.15, 0.2) is 53.0 Å². The molecule has 0 aliphatic rings. The lowest BCUT2D eigenvalue weighted by atomic mass is 10.2. The standard InChI is InChI=1S/C20H17BrO4/c1-3-11-24-20(22)10-8-15-7-9-18(19(13-15)23-2)25-14-16-5-4-6-17(21)12-16/h1,4-10,12-13H,11,14H2,2H3/b10-8+. The van der Waals surface area contributed by atoms with Crippen LogP contribution in [0.1, 0.15) is 11.1 Å². The van der Waals surface area contributed by atoms with Gasteiger partial charge in [-0.3, -0.25) is 0 Å². The molecule has 0 amide bonds. The normalized spacial score (nSPS) is 10.3. The monoisotopic (exact) mass is 400 g/mol. The highest BCUT2D eigenvalue weighted by Gasteiger charge is 2.06. The van der Waals surface area contributed by atoms with E-state index in [0.29, 0.717) is 18.1 Å². The summed E-state index contributed by atoms with van der Waals surface area (Å²) in [4.78, 5) is 11.4. The average molecular weight is 401 g/mol. The van der Waals surface area contributed by atoms with E-state index < -0.39 is 5.97 Å². The number of terminal acetylenes is 1. The Hall–Kier alpha value is -2.71. The van der Waals surface area contributed by atoms with Crippen molar-refractivity contribution in [2.45, 2.75) is 6.61 Å². The first-order valence-corrected chi connectivity index (χ1v) is 8.25. The number of ether oxygens (including phenoxy) is 3. The molecule has 0 spiro atoms. The van der Waals surface area contributed by atoms with Crippen LogP contribution < -0.4 is 9.47 Å². The molecule has 0 N–H and O–H groups in total. The van der Waals surface area contributed by atoms with Crippen LogP contribution >= 0.6 is 15.9 Å². The Labute approximate surface area is 155 Å². The third kappa shape index (κ3) is 6.02. The van der Waals surface area contributed by atoms with Gasteiger partial charge >= 0.3 is 5.97 Å². The largest absolute Gasteiger partial charge is 0.493 e. The van der Waals surface area contributed by atoms with E-state index in [1.54, 1.807) is 25.3 Å². The van der Waals surface area contributed by atoms with Gasteiger partial charge in [0, 0.05) is 10.5 Å². The van der Waals surface area contributed by atoms with Gasteiger partial charge in [-0.25, -0.2) is 4.79 Å². The van der Waals surface area contributed by atoms with Crippen LogP contribution in [0.3, 0.4) is 0 Å².